The van der Waals surface area contributed by atoms with Crippen LogP contribution in [-0.4, -0.2) is 76.6 Å². The Kier molecular flexibility index (Phi) is 8.21. The molecule has 212 valence electrons. The topological polar surface area (TPSA) is 99.6 Å². The quantitative estimate of drug-likeness (QED) is 0.476. The van der Waals surface area contributed by atoms with Crippen LogP contribution in [0.1, 0.15) is 36.0 Å². The first-order chi connectivity index (χ1) is 19.2. The number of fused-ring (bicyclic) bond motifs is 1. The Morgan fingerprint density at radius 2 is 1.85 bits per heavy atom. The molecule has 0 bridgehead atoms. The Balaban J connectivity index is 1.34. The molecule has 2 aliphatic heterocycles. The van der Waals surface area contributed by atoms with Crippen molar-refractivity contribution in [3.05, 3.63) is 65.4 Å². The van der Waals surface area contributed by atoms with Crippen LogP contribution in [0.25, 0.3) is 10.9 Å². The predicted octanol–water partition coefficient (Wildman–Crippen LogP) is 2.41. The molecule has 2 saturated heterocycles. The molecule has 3 amide bonds. The van der Waals surface area contributed by atoms with Crippen molar-refractivity contribution in [2.45, 2.75) is 51.2 Å². The number of benzene rings is 2. The van der Waals surface area contributed by atoms with E-state index in [1.165, 1.54) is 11.1 Å². The summed E-state index contributed by atoms with van der Waals surface area (Å²) in [6.45, 7) is 3.61. The number of rotatable bonds is 7. The highest BCUT2D eigenvalue weighted by molar-refractivity contribution is 5.94. The Morgan fingerprint density at radius 3 is 2.60 bits per heavy atom. The van der Waals surface area contributed by atoms with Crippen LogP contribution in [0.4, 0.5) is 0 Å². The lowest BCUT2D eigenvalue weighted by Crippen LogP contribution is -2.58. The van der Waals surface area contributed by atoms with Crippen LogP contribution in [0.5, 0.6) is 0 Å². The normalized spacial score (nSPS) is 22.9. The van der Waals surface area contributed by atoms with Gasteiger partial charge in [0.2, 0.25) is 17.7 Å². The third-order valence-corrected chi connectivity index (χ3v) is 8.38. The van der Waals surface area contributed by atoms with Crippen LogP contribution in [-0.2, 0) is 34.4 Å². The number of aromatic nitrogens is 2. The summed E-state index contributed by atoms with van der Waals surface area (Å²) in [4.78, 5) is 43.9. The van der Waals surface area contributed by atoms with E-state index in [1.807, 2.05) is 36.1 Å². The average molecular weight is 545 g/mol. The first-order valence-corrected chi connectivity index (χ1v) is 14.2. The molecule has 2 aromatic carbocycles. The largest absolute Gasteiger partial charge is 0.350 e. The summed E-state index contributed by atoms with van der Waals surface area (Å²) in [6, 6.07) is 13.3. The van der Waals surface area contributed by atoms with Gasteiger partial charge in [0.05, 0.1) is 23.7 Å². The van der Waals surface area contributed by atoms with Gasteiger partial charge in [-0.25, -0.2) is 0 Å². The van der Waals surface area contributed by atoms with E-state index >= 15 is 0 Å². The molecule has 0 radical (unpaired) electrons. The van der Waals surface area contributed by atoms with Gasteiger partial charge in [0, 0.05) is 39.6 Å². The van der Waals surface area contributed by atoms with Crippen molar-refractivity contribution in [2.75, 3.05) is 27.2 Å². The maximum atomic E-state index is 14.0. The molecular weight excluding hydrogens is 504 g/mol. The van der Waals surface area contributed by atoms with E-state index in [0.29, 0.717) is 32.5 Å². The van der Waals surface area contributed by atoms with Crippen LogP contribution in [0.15, 0.2) is 48.7 Å². The molecule has 0 saturated carbocycles. The number of piperidine rings is 1. The van der Waals surface area contributed by atoms with Crippen molar-refractivity contribution < 1.29 is 14.4 Å². The summed E-state index contributed by atoms with van der Waals surface area (Å²) in [6.07, 6.45) is 4.70. The molecule has 40 heavy (non-hydrogen) atoms. The van der Waals surface area contributed by atoms with Gasteiger partial charge < -0.3 is 20.4 Å². The van der Waals surface area contributed by atoms with Crippen LogP contribution in [0, 0.1) is 18.8 Å². The Hall–Kier alpha value is -3.72. The highest BCUT2D eigenvalue weighted by Crippen LogP contribution is 2.30. The van der Waals surface area contributed by atoms with E-state index < -0.39 is 18.0 Å². The monoisotopic (exact) mass is 544 g/mol. The van der Waals surface area contributed by atoms with Gasteiger partial charge in [-0.2, -0.15) is 5.10 Å². The third-order valence-electron chi connectivity index (χ3n) is 8.38. The van der Waals surface area contributed by atoms with Crippen molar-refractivity contribution in [3.63, 3.8) is 0 Å². The summed E-state index contributed by atoms with van der Waals surface area (Å²) in [5.74, 6) is -0.628. The van der Waals surface area contributed by atoms with Crippen LogP contribution < -0.4 is 10.6 Å². The lowest BCUT2D eigenvalue weighted by molar-refractivity contribution is -0.146. The molecular formula is C31H40N6O3. The molecule has 0 spiro atoms. The summed E-state index contributed by atoms with van der Waals surface area (Å²) in [5.41, 5.74) is 4.41. The molecule has 2 aliphatic rings. The van der Waals surface area contributed by atoms with Crippen molar-refractivity contribution in [1.29, 1.82) is 0 Å². The fourth-order valence-electron chi connectivity index (χ4n) is 6.17. The van der Waals surface area contributed by atoms with Gasteiger partial charge in [-0.3, -0.25) is 19.1 Å². The molecule has 2 N–H and O–H groups in total. The summed E-state index contributed by atoms with van der Waals surface area (Å²) < 4.78 is 1.82. The zero-order valence-corrected chi connectivity index (χ0v) is 23.9. The van der Waals surface area contributed by atoms with Gasteiger partial charge in [0.25, 0.3) is 0 Å². The van der Waals surface area contributed by atoms with Gasteiger partial charge in [-0.15, -0.1) is 0 Å². The van der Waals surface area contributed by atoms with Crippen molar-refractivity contribution in [2.24, 2.45) is 18.9 Å². The van der Waals surface area contributed by atoms with Crippen molar-refractivity contribution in [3.8, 4) is 0 Å². The first-order valence-electron chi connectivity index (χ1n) is 14.2. The molecule has 9 nitrogen and oxygen atoms in total. The Labute approximate surface area is 235 Å². The lowest BCUT2D eigenvalue weighted by Gasteiger charge is -2.36. The molecule has 9 heteroatoms. The maximum Gasteiger partial charge on any atom is 0.243 e. The lowest BCUT2D eigenvalue weighted by atomic mass is 9.88. The SMILES string of the molecule is Cc1ccc(C[C@@H]2C[C@@H](C(=O)NCc3ccc4c(cnn4C)c3)N(C(=O)[C@@H]3NCCC[C@@H]3C(=O)N(C)C)C2)cc1. The first kappa shape index (κ1) is 27.8. The number of hydrogen-bond donors (Lipinski definition) is 2. The number of nitrogens with zero attached hydrogens (tertiary/aromatic N) is 4. The number of hydrogen-bond acceptors (Lipinski definition) is 5. The number of likely N-dealkylation sites (tertiary alicyclic amines) is 1. The molecule has 0 aliphatic carbocycles. The molecule has 0 unspecified atom stereocenters. The van der Waals surface area contributed by atoms with Crippen molar-refractivity contribution in [1.82, 2.24) is 30.2 Å². The van der Waals surface area contributed by atoms with Crippen LogP contribution in [0.3, 0.4) is 0 Å². The highest BCUT2D eigenvalue weighted by atomic mass is 16.2. The minimum Gasteiger partial charge on any atom is -0.350 e. The standard InChI is InChI=1S/C31H40N6O3/c1-20-7-9-21(10-8-20)14-23-16-27(29(38)33-17-22-11-12-26-24(15-22)18-34-36(26)4)37(19-23)31(40)28-25(6-5-13-32-28)30(39)35(2)3/h7-12,15,18,23,25,27-28,32H,5-6,13-14,16-17,19H2,1-4H3,(H,33,38)/t23-,25+,27+,28-/m1/s1. The van der Waals surface area contributed by atoms with Crippen LogP contribution in [0.2, 0.25) is 0 Å². The summed E-state index contributed by atoms with van der Waals surface area (Å²) in [7, 11) is 5.36. The minimum atomic E-state index is -0.620. The van der Waals surface area contributed by atoms with E-state index in [2.05, 4.69) is 46.9 Å². The number of carbonyl (C=O) groups is 3. The van der Waals surface area contributed by atoms with Crippen molar-refractivity contribution >= 4 is 28.6 Å². The van der Waals surface area contributed by atoms with E-state index in [1.54, 1.807) is 23.9 Å². The van der Waals surface area contributed by atoms with E-state index in [0.717, 1.165) is 29.3 Å². The smallest absolute Gasteiger partial charge is 0.243 e. The van der Waals surface area contributed by atoms with Gasteiger partial charge >= 0.3 is 0 Å². The number of aryl methyl sites for hydroxylation is 2. The van der Waals surface area contributed by atoms with Crippen LogP contribution >= 0.6 is 0 Å². The molecule has 1 aromatic heterocycles. The van der Waals surface area contributed by atoms with Gasteiger partial charge in [0.1, 0.15) is 6.04 Å². The van der Waals surface area contributed by atoms with Gasteiger partial charge in [-0.1, -0.05) is 35.9 Å². The number of nitrogens with one attached hydrogen (secondary N) is 2. The Morgan fingerprint density at radius 1 is 1.10 bits per heavy atom. The predicted molar refractivity (Wildman–Crippen MR) is 154 cm³/mol. The zero-order valence-electron chi connectivity index (χ0n) is 23.9. The third kappa shape index (κ3) is 5.89. The maximum absolute atomic E-state index is 14.0. The second kappa shape index (κ2) is 11.8. The molecule has 3 heterocycles. The Bertz CT molecular complexity index is 1380. The second-order valence-electron chi connectivity index (χ2n) is 11.6. The fraction of sp³-hybridized carbons (Fsp3) is 0.484. The zero-order chi connectivity index (χ0) is 28.4. The molecule has 2 fully saturated rings. The van der Waals surface area contributed by atoms with E-state index in [-0.39, 0.29) is 23.6 Å². The van der Waals surface area contributed by atoms with E-state index in [9.17, 15) is 14.4 Å². The molecule has 5 rings (SSSR count). The average Bonchev–Trinajstić information content (AvgIpc) is 3.55. The minimum absolute atomic E-state index is 0.0484. The number of amides is 3. The number of carbonyl (C=O) groups excluding carboxylic acids is 3. The fourth-order valence-corrected chi connectivity index (χ4v) is 6.17. The summed E-state index contributed by atoms with van der Waals surface area (Å²) in [5, 5.41) is 11.7. The molecule has 4 atom stereocenters. The van der Waals surface area contributed by atoms with E-state index in [4.69, 9.17) is 0 Å². The highest BCUT2D eigenvalue weighted by Gasteiger charge is 2.45. The van der Waals surface area contributed by atoms with Gasteiger partial charge in [-0.05, 0) is 68.3 Å². The molecule has 3 aromatic rings. The second-order valence-corrected chi connectivity index (χ2v) is 11.6. The van der Waals surface area contributed by atoms with Gasteiger partial charge in [0.15, 0.2) is 0 Å². The summed E-state index contributed by atoms with van der Waals surface area (Å²) >= 11 is 0.